The van der Waals surface area contributed by atoms with Gasteiger partial charge in [-0.25, -0.2) is 12.8 Å². The number of aromatic nitrogens is 1. The van der Waals surface area contributed by atoms with E-state index in [1.807, 2.05) is 10.8 Å². The van der Waals surface area contributed by atoms with Crippen LogP contribution in [0.2, 0.25) is 0 Å². The Kier molecular flexibility index (Phi) is 4.60. The van der Waals surface area contributed by atoms with Gasteiger partial charge < -0.3 is 4.57 Å². The minimum atomic E-state index is -3.47. The molecular weight excluding hydrogens is 407 g/mol. The Morgan fingerprint density at radius 3 is 2.56 bits per heavy atom. The molecule has 1 fully saturated rings. The van der Waals surface area contributed by atoms with Crippen molar-refractivity contribution >= 4 is 42.6 Å². The topological polar surface area (TPSA) is 51.4 Å². The Morgan fingerprint density at radius 1 is 1.36 bits per heavy atom. The lowest BCUT2D eigenvalue weighted by Gasteiger charge is -2.19. The summed E-state index contributed by atoms with van der Waals surface area (Å²) in [6.07, 6.45) is 3.22. The van der Waals surface area contributed by atoms with E-state index in [1.54, 1.807) is 13.0 Å². The highest BCUT2D eigenvalue weighted by molar-refractivity contribution is 9.10. The number of fused-ring (bicyclic) bond motifs is 1. The number of rotatable bonds is 4. The molecule has 0 unspecified atom stereocenters. The van der Waals surface area contributed by atoms with Crippen molar-refractivity contribution in [2.75, 3.05) is 0 Å². The summed E-state index contributed by atoms with van der Waals surface area (Å²) in [6.45, 7) is 8.76. The highest BCUT2D eigenvalue weighted by Gasteiger charge is 2.35. The first-order valence-electron chi connectivity index (χ1n) is 8.26. The molecule has 0 amide bonds. The van der Waals surface area contributed by atoms with Gasteiger partial charge in [-0.05, 0) is 53.2 Å². The van der Waals surface area contributed by atoms with Crippen molar-refractivity contribution in [3.63, 3.8) is 0 Å². The Morgan fingerprint density at radius 2 is 2.00 bits per heavy atom. The van der Waals surface area contributed by atoms with Gasteiger partial charge in [-0.1, -0.05) is 20.8 Å². The third kappa shape index (κ3) is 3.97. The number of sulfonamides is 1. The first kappa shape index (κ1) is 18.6. The monoisotopic (exact) mass is 428 g/mol. The predicted octanol–water partition coefficient (Wildman–Crippen LogP) is 4.89. The molecular formula is C18H22BrFN2O2S. The lowest BCUT2D eigenvalue weighted by Crippen LogP contribution is -2.14. The molecule has 7 heteroatoms. The largest absolute Gasteiger partial charge is 0.346 e. The van der Waals surface area contributed by atoms with Gasteiger partial charge in [0.15, 0.2) is 0 Å². The van der Waals surface area contributed by atoms with E-state index in [0.717, 1.165) is 12.1 Å². The van der Waals surface area contributed by atoms with Gasteiger partial charge in [0.25, 0.3) is 10.0 Å². The fourth-order valence-electron chi connectivity index (χ4n) is 2.90. The molecule has 2 aromatic rings. The van der Waals surface area contributed by atoms with Crippen LogP contribution < -0.4 is 0 Å². The van der Waals surface area contributed by atoms with Crippen LogP contribution in [-0.2, 0) is 16.6 Å². The van der Waals surface area contributed by atoms with Gasteiger partial charge in [0.05, 0.1) is 21.0 Å². The Labute approximate surface area is 156 Å². The summed E-state index contributed by atoms with van der Waals surface area (Å²) in [5, 5.41) is 0.327. The van der Waals surface area contributed by atoms with Crippen LogP contribution in [0.4, 0.5) is 4.39 Å². The van der Waals surface area contributed by atoms with Gasteiger partial charge >= 0.3 is 0 Å². The van der Waals surface area contributed by atoms with Crippen LogP contribution in [0, 0.1) is 11.2 Å². The molecule has 1 aliphatic rings. The van der Waals surface area contributed by atoms with Gasteiger partial charge in [0.1, 0.15) is 5.82 Å². The second-order valence-corrected chi connectivity index (χ2v) is 10.6. The zero-order valence-electron chi connectivity index (χ0n) is 14.8. The van der Waals surface area contributed by atoms with Crippen LogP contribution in [0.25, 0.3) is 10.9 Å². The van der Waals surface area contributed by atoms with E-state index in [1.165, 1.54) is 6.07 Å². The highest BCUT2D eigenvalue weighted by atomic mass is 79.9. The molecule has 0 radical (unpaired) electrons. The smallest absolute Gasteiger partial charge is 0.256 e. The molecule has 1 saturated carbocycles. The van der Waals surface area contributed by atoms with Crippen molar-refractivity contribution in [3.8, 4) is 0 Å². The van der Waals surface area contributed by atoms with E-state index in [2.05, 4.69) is 41.1 Å². The molecule has 136 valence electrons. The van der Waals surface area contributed by atoms with Gasteiger partial charge in [-0.3, -0.25) is 0 Å². The summed E-state index contributed by atoms with van der Waals surface area (Å²) < 4.78 is 44.9. The van der Waals surface area contributed by atoms with Crippen LogP contribution in [-0.4, -0.2) is 23.9 Å². The SMILES string of the molecule is CC(=NS(=O)(=O)C1CC1)c1cn(CC(C)(C)C)c2cc(Br)c(F)cc12. The normalized spacial score (nSPS) is 16.6. The van der Waals surface area contributed by atoms with Crippen molar-refractivity contribution in [3.05, 3.63) is 34.2 Å². The van der Waals surface area contributed by atoms with Gasteiger partial charge in [-0.15, -0.1) is 0 Å². The van der Waals surface area contributed by atoms with E-state index in [4.69, 9.17) is 0 Å². The second kappa shape index (κ2) is 6.20. The molecule has 25 heavy (non-hydrogen) atoms. The summed E-state index contributed by atoms with van der Waals surface area (Å²) in [5.41, 5.74) is 1.95. The molecule has 1 aromatic heterocycles. The van der Waals surface area contributed by atoms with Crippen molar-refractivity contribution in [2.45, 2.75) is 52.3 Å². The Hall–Kier alpha value is -1.21. The summed E-state index contributed by atoms with van der Waals surface area (Å²) >= 11 is 3.24. The number of hydrogen-bond acceptors (Lipinski definition) is 2. The van der Waals surface area contributed by atoms with Gasteiger partial charge in [0, 0.05) is 23.7 Å². The van der Waals surface area contributed by atoms with Crippen molar-refractivity contribution in [2.24, 2.45) is 9.81 Å². The number of halogens is 2. The lowest BCUT2D eigenvalue weighted by atomic mass is 9.97. The quantitative estimate of drug-likeness (QED) is 0.650. The zero-order chi connectivity index (χ0) is 18.6. The fraction of sp³-hybridized carbons (Fsp3) is 0.500. The van der Waals surface area contributed by atoms with Crippen LogP contribution in [0.5, 0.6) is 0 Å². The summed E-state index contributed by atoms with van der Waals surface area (Å²) in [5.74, 6) is -0.375. The van der Waals surface area contributed by atoms with E-state index in [-0.39, 0.29) is 16.5 Å². The first-order chi connectivity index (χ1) is 11.5. The second-order valence-electron chi connectivity index (χ2n) is 7.91. The van der Waals surface area contributed by atoms with Crippen LogP contribution >= 0.6 is 15.9 Å². The average molecular weight is 429 g/mol. The van der Waals surface area contributed by atoms with Crippen LogP contribution in [0.15, 0.2) is 27.2 Å². The van der Waals surface area contributed by atoms with E-state index in [9.17, 15) is 12.8 Å². The van der Waals surface area contributed by atoms with E-state index in [0.29, 0.717) is 34.0 Å². The van der Waals surface area contributed by atoms with Gasteiger partial charge in [0.2, 0.25) is 0 Å². The van der Waals surface area contributed by atoms with Crippen LogP contribution in [0.1, 0.15) is 46.1 Å². The minimum absolute atomic E-state index is 0.0230. The molecule has 1 aromatic carbocycles. The maximum absolute atomic E-state index is 14.1. The predicted molar refractivity (Wildman–Crippen MR) is 103 cm³/mol. The third-order valence-electron chi connectivity index (χ3n) is 4.17. The fourth-order valence-corrected chi connectivity index (χ4v) is 4.59. The van der Waals surface area contributed by atoms with Crippen molar-refractivity contribution in [1.29, 1.82) is 0 Å². The van der Waals surface area contributed by atoms with Gasteiger partial charge in [-0.2, -0.15) is 4.40 Å². The molecule has 0 aliphatic heterocycles. The highest BCUT2D eigenvalue weighted by Crippen LogP contribution is 2.32. The zero-order valence-corrected chi connectivity index (χ0v) is 17.2. The average Bonchev–Trinajstić information content (AvgIpc) is 3.25. The number of nitrogens with zero attached hydrogens (tertiary/aromatic N) is 2. The molecule has 1 aliphatic carbocycles. The Balaban J connectivity index is 2.17. The standard InChI is InChI=1S/C18H22BrFN2O2S/c1-11(21-25(23,24)12-5-6-12)14-9-22(10-18(2,3)4)17-8-15(19)16(20)7-13(14)17/h7-9,12H,5-6,10H2,1-4H3. The molecule has 1 heterocycles. The molecule has 0 atom stereocenters. The molecule has 0 bridgehead atoms. The van der Waals surface area contributed by atoms with Crippen LogP contribution in [0.3, 0.4) is 0 Å². The number of benzene rings is 1. The maximum Gasteiger partial charge on any atom is 0.256 e. The lowest BCUT2D eigenvalue weighted by molar-refractivity contribution is 0.349. The van der Waals surface area contributed by atoms with Crippen molar-refractivity contribution in [1.82, 2.24) is 4.57 Å². The molecule has 0 saturated heterocycles. The summed E-state index contributed by atoms with van der Waals surface area (Å²) in [7, 11) is -3.47. The summed E-state index contributed by atoms with van der Waals surface area (Å²) in [4.78, 5) is 0. The summed E-state index contributed by atoms with van der Waals surface area (Å²) in [6, 6.07) is 3.18. The van der Waals surface area contributed by atoms with E-state index < -0.39 is 10.0 Å². The maximum atomic E-state index is 14.1. The molecule has 0 spiro atoms. The van der Waals surface area contributed by atoms with E-state index >= 15 is 0 Å². The molecule has 3 rings (SSSR count). The first-order valence-corrected chi connectivity index (χ1v) is 10.6. The third-order valence-corrected chi connectivity index (χ3v) is 6.62. The molecule has 0 N–H and O–H groups in total. The van der Waals surface area contributed by atoms with Crippen molar-refractivity contribution < 1.29 is 12.8 Å². The number of hydrogen-bond donors (Lipinski definition) is 0. The minimum Gasteiger partial charge on any atom is -0.346 e. The molecule has 4 nitrogen and oxygen atoms in total. The Bertz CT molecular complexity index is 967.